The average Bonchev–Trinajstić information content (AvgIpc) is 3.16. The third-order valence-electron chi connectivity index (χ3n) is 3.73. The van der Waals surface area contributed by atoms with Crippen molar-refractivity contribution in [2.75, 3.05) is 7.11 Å². The van der Waals surface area contributed by atoms with Crippen LogP contribution in [-0.2, 0) is 4.74 Å². The Hall–Kier alpha value is -3.09. The third kappa shape index (κ3) is 4.60. The van der Waals surface area contributed by atoms with Crippen LogP contribution in [0.2, 0.25) is 10.0 Å². The molecule has 3 aromatic rings. The Labute approximate surface area is 170 Å². The van der Waals surface area contributed by atoms with Crippen molar-refractivity contribution in [2.24, 2.45) is 5.10 Å². The molecule has 142 valence electrons. The van der Waals surface area contributed by atoms with Gasteiger partial charge in [0.15, 0.2) is 0 Å². The lowest BCUT2D eigenvalue weighted by molar-refractivity contribution is 0.0600. The van der Waals surface area contributed by atoms with Gasteiger partial charge in [0.2, 0.25) is 0 Å². The molecule has 0 aliphatic rings. The molecule has 0 aliphatic heterocycles. The number of hydrogen-bond acceptors (Lipinski definition) is 5. The fraction of sp³-hybridized carbons (Fsp3) is 0.0500. The number of nitrogens with zero attached hydrogens (tertiary/aromatic N) is 1. The summed E-state index contributed by atoms with van der Waals surface area (Å²) in [6.45, 7) is 0. The zero-order valence-corrected chi connectivity index (χ0v) is 16.1. The summed E-state index contributed by atoms with van der Waals surface area (Å²) in [5, 5.41) is 4.59. The van der Waals surface area contributed by atoms with Crippen LogP contribution < -0.4 is 5.43 Å². The number of nitrogens with one attached hydrogen (secondary N) is 1. The number of amides is 1. The molecule has 0 atom stereocenters. The lowest BCUT2D eigenvalue weighted by Gasteiger charge is -2.04. The number of ether oxygens (including phenoxy) is 1. The van der Waals surface area contributed by atoms with Crippen LogP contribution in [0.5, 0.6) is 0 Å². The molecule has 0 saturated carbocycles. The lowest BCUT2D eigenvalue weighted by Crippen LogP contribution is -2.17. The number of furan rings is 1. The fourth-order valence-electron chi connectivity index (χ4n) is 2.37. The molecule has 0 spiro atoms. The first-order valence-corrected chi connectivity index (χ1v) is 8.80. The standard InChI is InChI=1S/C20H14Cl2N2O4/c1-27-20(26)16-7-5-12(10-17(16)22)18-8-6-15(28-18)11-23-24-19(25)13-3-2-4-14(21)9-13/h2-11H,1H3,(H,24,25). The van der Waals surface area contributed by atoms with E-state index in [0.29, 0.717) is 27.7 Å². The maximum absolute atomic E-state index is 12.0. The van der Waals surface area contributed by atoms with Gasteiger partial charge < -0.3 is 9.15 Å². The number of benzene rings is 2. The molecule has 1 heterocycles. The van der Waals surface area contributed by atoms with E-state index in [-0.39, 0.29) is 10.6 Å². The van der Waals surface area contributed by atoms with Gasteiger partial charge in [-0.3, -0.25) is 4.79 Å². The number of methoxy groups -OCH3 is 1. The van der Waals surface area contributed by atoms with Gasteiger partial charge in [-0.2, -0.15) is 5.10 Å². The second-order valence-electron chi connectivity index (χ2n) is 5.60. The summed E-state index contributed by atoms with van der Waals surface area (Å²) in [6.07, 6.45) is 1.37. The first-order chi connectivity index (χ1) is 13.5. The zero-order valence-electron chi connectivity index (χ0n) is 14.6. The van der Waals surface area contributed by atoms with Crippen molar-refractivity contribution in [2.45, 2.75) is 0 Å². The molecule has 8 heteroatoms. The SMILES string of the molecule is COC(=O)c1ccc(-c2ccc(C=NNC(=O)c3cccc(Cl)c3)o2)cc1Cl. The van der Waals surface area contributed by atoms with Crippen molar-refractivity contribution in [1.82, 2.24) is 5.43 Å². The van der Waals surface area contributed by atoms with E-state index in [9.17, 15) is 9.59 Å². The highest BCUT2D eigenvalue weighted by atomic mass is 35.5. The highest BCUT2D eigenvalue weighted by Crippen LogP contribution is 2.27. The van der Waals surface area contributed by atoms with Crippen molar-refractivity contribution < 1.29 is 18.7 Å². The van der Waals surface area contributed by atoms with Crippen molar-refractivity contribution in [3.63, 3.8) is 0 Å². The monoisotopic (exact) mass is 416 g/mol. The summed E-state index contributed by atoms with van der Waals surface area (Å²) in [5.41, 5.74) is 3.74. The molecule has 0 unspecified atom stereocenters. The second-order valence-corrected chi connectivity index (χ2v) is 6.44. The Morgan fingerprint density at radius 3 is 2.64 bits per heavy atom. The normalized spacial score (nSPS) is 10.8. The number of rotatable bonds is 5. The van der Waals surface area contributed by atoms with Gasteiger partial charge in [-0.25, -0.2) is 10.2 Å². The minimum Gasteiger partial charge on any atom is -0.465 e. The molecule has 1 N–H and O–H groups in total. The molecule has 0 aliphatic carbocycles. The number of halogens is 2. The molecule has 0 radical (unpaired) electrons. The van der Waals surface area contributed by atoms with Crippen LogP contribution in [0.3, 0.4) is 0 Å². The summed E-state index contributed by atoms with van der Waals surface area (Å²) >= 11 is 12.0. The first kappa shape index (κ1) is 19.7. The van der Waals surface area contributed by atoms with E-state index in [4.69, 9.17) is 27.6 Å². The highest BCUT2D eigenvalue weighted by molar-refractivity contribution is 6.33. The smallest absolute Gasteiger partial charge is 0.339 e. The van der Waals surface area contributed by atoms with Gasteiger partial charge in [0.05, 0.1) is 23.9 Å². The molecule has 1 aromatic heterocycles. The van der Waals surface area contributed by atoms with Crippen LogP contribution >= 0.6 is 23.2 Å². The third-order valence-corrected chi connectivity index (χ3v) is 4.28. The van der Waals surface area contributed by atoms with Gasteiger partial charge in [-0.05, 0) is 42.5 Å². The Morgan fingerprint density at radius 2 is 1.93 bits per heavy atom. The summed E-state index contributed by atoms with van der Waals surface area (Å²) in [4.78, 5) is 23.6. The summed E-state index contributed by atoms with van der Waals surface area (Å²) in [5.74, 6) is 0.0467. The molecule has 3 rings (SSSR count). The largest absolute Gasteiger partial charge is 0.465 e. The molecule has 6 nitrogen and oxygen atoms in total. The van der Waals surface area contributed by atoms with Gasteiger partial charge in [0.25, 0.3) is 5.91 Å². The summed E-state index contributed by atoms with van der Waals surface area (Å²) in [6, 6.07) is 14.8. The fourth-order valence-corrected chi connectivity index (χ4v) is 2.82. The molecular weight excluding hydrogens is 403 g/mol. The summed E-state index contributed by atoms with van der Waals surface area (Å²) in [7, 11) is 1.29. The molecule has 0 bridgehead atoms. The maximum atomic E-state index is 12.0. The topological polar surface area (TPSA) is 80.9 Å². The predicted molar refractivity (Wildman–Crippen MR) is 107 cm³/mol. The van der Waals surface area contributed by atoms with Gasteiger partial charge in [-0.15, -0.1) is 0 Å². The van der Waals surface area contributed by atoms with Crippen LogP contribution in [0.25, 0.3) is 11.3 Å². The average molecular weight is 417 g/mol. The van der Waals surface area contributed by atoms with Gasteiger partial charge in [-0.1, -0.05) is 35.3 Å². The summed E-state index contributed by atoms with van der Waals surface area (Å²) < 4.78 is 10.3. The van der Waals surface area contributed by atoms with Crippen LogP contribution in [-0.4, -0.2) is 25.2 Å². The van der Waals surface area contributed by atoms with Crippen LogP contribution in [0.4, 0.5) is 0 Å². The molecule has 2 aromatic carbocycles. The predicted octanol–water partition coefficient (Wildman–Crippen LogP) is 4.80. The molecule has 1 amide bonds. The van der Waals surface area contributed by atoms with E-state index >= 15 is 0 Å². The van der Waals surface area contributed by atoms with Crippen molar-refractivity contribution in [1.29, 1.82) is 0 Å². The van der Waals surface area contributed by atoms with Crippen LogP contribution in [0.15, 0.2) is 64.1 Å². The number of hydrazone groups is 1. The number of esters is 1. The van der Waals surface area contributed by atoms with Crippen molar-refractivity contribution in [3.8, 4) is 11.3 Å². The minimum absolute atomic E-state index is 0.254. The van der Waals surface area contributed by atoms with Crippen molar-refractivity contribution >= 4 is 41.3 Å². The molecule has 28 heavy (non-hydrogen) atoms. The minimum atomic E-state index is -0.515. The van der Waals surface area contributed by atoms with E-state index in [1.807, 2.05) is 0 Å². The van der Waals surface area contributed by atoms with Gasteiger partial charge in [0.1, 0.15) is 11.5 Å². The van der Waals surface area contributed by atoms with E-state index in [0.717, 1.165) is 0 Å². The molecular formula is C20H14Cl2N2O4. The first-order valence-electron chi connectivity index (χ1n) is 8.05. The zero-order chi connectivity index (χ0) is 20.1. The molecule has 0 saturated heterocycles. The Balaban J connectivity index is 1.69. The van der Waals surface area contributed by atoms with Crippen LogP contribution in [0.1, 0.15) is 26.5 Å². The maximum Gasteiger partial charge on any atom is 0.339 e. The number of hydrogen-bond donors (Lipinski definition) is 1. The van der Waals surface area contributed by atoms with E-state index in [1.54, 1.807) is 54.6 Å². The highest BCUT2D eigenvalue weighted by Gasteiger charge is 2.13. The second kappa shape index (κ2) is 8.73. The van der Waals surface area contributed by atoms with E-state index in [1.165, 1.54) is 13.3 Å². The lowest BCUT2D eigenvalue weighted by atomic mass is 10.1. The number of carbonyl (C=O) groups is 2. The number of carbonyl (C=O) groups excluding carboxylic acids is 2. The van der Waals surface area contributed by atoms with E-state index in [2.05, 4.69) is 15.3 Å². The van der Waals surface area contributed by atoms with Crippen LogP contribution in [0, 0.1) is 0 Å². The van der Waals surface area contributed by atoms with E-state index < -0.39 is 11.9 Å². The van der Waals surface area contributed by atoms with Crippen molar-refractivity contribution in [3.05, 3.63) is 81.5 Å². The van der Waals surface area contributed by atoms with Gasteiger partial charge in [0, 0.05) is 16.1 Å². The Bertz CT molecular complexity index is 1060. The Kier molecular flexibility index (Phi) is 6.13. The van der Waals surface area contributed by atoms with Gasteiger partial charge >= 0.3 is 5.97 Å². The quantitative estimate of drug-likeness (QED) is 0.367. The Morgan fingerprint density at radius 1 is 1.11 bits per heavy atom. The molecule has 0 fully saturated rings.